The number of nitrogens with zero attached hydrogens (tertiary/aromatic N) is 1. The highest BCUT2D eigenvalue weighted by Gasteiger charge is 2.21. The van der Waals surface area contributed by atoms with Crippen LogP contribution in [0.4, 0.5) is 5.69 Å². The van der Waals surface area contributed by atoms with Crippen LogP contribution in [0.5, 0.6) is 5.75 Å². The zero-order chi connectivity index (χ0) is 19.9. The van der Waals surface area contributed by atoms with Gasteiger partial charge in [0.15, 0.2) is 0 Å². The summed E-state index contributed by atoms with van der Waals surface area (Å²) in [5, 5.41) is 2.94. The van der Waals surface area contributed by atoms with Gasteiger partial charge in [0.25, 0.3) is 5.91 Å². The van der Waals surface area contributed by atoms with E-state index >= 15 is 0 Å². The summed E-state index contributed by atoms with van der Waals surface area (Å²) in [6.07, 6.45) is 1.01. The van der Waals surface area contributed by atoms with Gasteiger partial charge in [0.1, 0.15) is 5.75 Å². The number of rotatable bonds is 6. The summed E-state index contributed by atoms with van der Waals surface area (Å²) < 4.78 is 10.5. The molecule has 1 fully saturated rings. The first kappa shape index (κ1) is 19.9. The average molecular weight is 382 g/mol. The largest absolute Gasteiger partial charge is 0.497 e. The van der Waals surface area contributed by atoms with Crippen molar-refractivity contribution in [2.45, 2.75) is 19.8 Å². The first-order valence-corrected chi connectivity index (χ1v) is 9.48. The predicted octanol–water partition coefficient (Wildman–Crippen LogP) is 3.05. The lowest BCUT2D eigenvalue weighted by molar-refractivity contribution is -0.116. The Balaban J connectivity index is 1.61. The molecule has 1 saturated heterocycles. The van der Waals surface area contributed by atoms with Gasteiger partial charge in [-0.2, -0.15) is 0 Å². The minimum Gasteiger partial charge on any atom is -0.497 e. The molecule has 1 N–H and O–H groups in total. The van der Waals surface area contributed by atoms with E-state index in [4.69, 9.17) is 9.47 Å². The molecule has 0 aliphatic carbocycles. The van der Waals surface area contributed by atoms with Crippen LogP contribution < -0.4 is 10.1 Å². The zero-order valence-corrected chi connectivity index (χ0v) is 16.4. The van der Waals surface area contributed by atoms with Crippen molar-refractivity contribution in [3.8, 4) is 5.75 Å². The van der Waals surface area contributed by atoms with Crippen LogP contribution in [0.25, 0.3) is 0 Å². The lowest BCUT2D eigenvalue weighted by Crippen LogP contribution is -2.41. The SMILES string of the molecule is COc1ccc(CCC(=O)Nc2cccc(C(=O)N3CCOCC3)c2C)cc1. The summed E-state index contributed by atoms with van der Waals surface area (Å²) in [4.78, 5) is 27.0. The van der Waals surface area contributed by atoms with Crippen molar-refractivity contribution in [3.05, 3.63) is 59.2 Å². The van der Waals surface area contributed by atoms with Crippen LogP contribution in [0, 0.1) is 6.92 Å². The van der Waals surface area contributed by atoms with E-state index in [0.717, 1.165) is 16.9 Å². The smallest absolute Gasteiger partial charge is 0.254 e. The van der Waals surface area contributed by atoms with Crippen LogP contribution in [0.15, 0.2) is 42.5 Å². The fourth-order valence-corrected chi connectivity index (χ4v) is 3.20. The van der Waals surface area contributed by atoms with Crippen molar-refractivity contribution < 1.29 is 19.1 Å². The van der Waals surface area contributed by atoms with Gasteiger partial charge in [-0.1, -0.05) is 18.2 Å². The van der Waals surface area contributed by atoms with Crippen LogP contribution >= 0.6 is 0 Å². The molecule has 1 heterocycles. The van der Waals surface area contributed by atoms with Crippen LogP contribution in [0.2, 0.25) is 0 Å². The van der Waals surface area contributed by atoms with Crippen molar-refractivity contribution in [1.82, 2.24) is 4.90 Å². The minimum absolute atomic E-state index is 0.0184. The second-order valence-electron chi connectivity index (χ2n) is 6.78. The van der Waals surface area contributed by atoms with E-state index in [1.807, 2.05) is 37.3 Å². The van der Waals surface area contributed by atoms with Crippen molar-refractivity contribution in [1.29, 1.82) is 0 Å². The summed E-state index contributed by atoms with van der Waals surface area (Å²) in [6.45, 7) is 4.18. The van der Waals surface area contributed by atoms with Crippen molar-refractivity contribution in [3.63, 3.8) is 0 Å². The summed E-state index contributed by atoms with van der Waals surface area (Å²) in [7, 11) is 1.63. The number of hydrogen-bond acceptors (Lipinski definition) is 4. The Labute approximate surface area is 165 Å². The van der Waals surface area contributed by atoms with Gasteiger partial charge in [0.05, 0.1) is 20.3 Å². The summed E-state index contributed by atoms with van der Waals surface area (Å²) in [5.41, 5.74) is 3.16. The molecule has 0 bridgehead atoms. The highest BCUT2D eigenvalue weighted by atomic mass is 16.5. The molecule has 2 aromatic rings. The van der Waals surface area contributed by atoms with Gasteiger partial charge < -0.3 is 19.7 Å². The number of methoxy groups -OCH3 is 1. The van der Waals surface area contributed by atoms with Gasteiger partial charge in [0.2, 0.25) is 5.91 Å². The molecule has 6 nitrogen and oxygen atoms in total. The molecule has 0 saturated carbocycles. The highest BCUT2D eigenvalue weighted by molar-refractivity contribution is 5.99. The van der Waals surface area contributed by atoms with Crippen molar-refractivity contribution in [2.24, 2.45) is 0 Å². The number of benzene rings is 2. The monoisotopic (exact) mass is 382 g/mol. The van der Waals surface area contributed by atoms with Crippen molar-refractivity contribution >= 4 is 17.5 Å². The molecule has 0 unspecified atom stereocenters. The van der Waals surface area contributed by atoms with Gasteiger partial charge in [-0.05, 0) is 48.7 Å². The first-order valence-electron chi connectivity index (χ1n) is 9.48. The maximum atomic E-state index is 12.8. The Bertz CT molecular complexity index is 827. The predicted molar refractivity (Wildman–Crippen MR) is 108 cm³/mol. The molecule has 2 aromatic carbocycles. The van der Waals surface area contributed by atoms with Gasteiger partial charge in [0, 0.05) is 30.8 Å². The topological polar surface area (TPSA) is 67.9 Å². The molecule has 0 atom stereocenters. The summed E-state index contributed by atoms with van der Waals surface area (Å²) >= 11 is 0. The lowest BCUT2D eigenvalue weighted by atomic mass is 10.0. The first-order chi connectivity index (χ1) is 13.6. The standard InChI is InChI=1S/C22H26N2O4/c1-16-19(22(26)24-12-14-28-15-13-24)4-3-5-20(16)23-21(25)11-8-17-6-9-18(27-2)10-7-17/h3-7,9-10H,8,11-15H2,1-2H3,(H,23,25). The Morgan fingerprint density at radius 3 is 2.50 bits per heavy atom. The van der Waals surface area contributed by atoms with Crippen LogP contribution in [0.3, 0.4) is 0 Å². The fraction of sp³-hybridized carbons (Fsp3) is 0.364. The number of nitrogens with one attached hydrogen (secondary N) is 1. The molecule has 1 aliphatic rings. The third-order valence-electron chi connectivity index (χ3n) is 4.94. The number of ether oxygens (including phenoxy) is 2. The second kappa shape index (κ2) is 9.37. The molecule has 2 amide bonds. The third kappa shape index (κ3) is 4.89. The number of carbonyl (C=O) groups is 2. The molecule has 0 aromatic heterocycles. The van der Waals surface area contributed by atoms with E-state index < -0.39 is 0 Å². The quantitative estimate of drug-likeness (QED) is 0.834. The number of carbonyl (C=O) groups excluding carboxylic acids is 2. The average Bonchev–Trinajstić information content (AvgIpc) is 2.74. The Morgan fingerprint density at radius 2 is 1.82 bits per heavy atom. The van der Waals surface area contributed by atoms with Gasteiger partial charge in [-0.25, -0.2) is 0 Å². The molecule has 28 heavy (non-hydrogen) atoms. The van der Waals surface area contributed by atoms with Crippen LogP contribution in [0.1, 0.15) is 27.9 Å². The fourth-order valence-electron chi connectivity index (χ4n) is 3.20. The molecule has 1 aliphatic heterocycles. The number of aryl methyl sites for hydroxylation is 1. The molecule has 6 heteroatoms. The number of morpholine rings is 1. The molecule has 0 spiro atoms. The molecular formula is C22H26N2O4. The maximum Gasteiger partial charge on any atom is 0.254 e. The number of amides is 2. The maximum absolute atomic E-state index is 12.8. The molecular weight excluding hydrogens is 356 g/mol. The van der Waals surface area contributed by atoms with E-state index in [1.54, 1.807) is 24.1 Å². The van der Waals surface area contributed by atoms with E-state index in [-0.39, 0.29) is 11.8 Å². The minimum atomic E-state index is -0.0742. The van der Waals surface area contributed by atoms with E-state index in [1.165, 1.54) is 0 Å². The normalized spacial score (nSPS) is 13.9. The second-order valence-corrected chi connectivity index (χ2v) is 6.78. The molecule has 3 rings (SSSR count). The van der Waals surface area contributed by atoms with Crippen LogP contribution in [-0.2, 0) is 16.0 Å². The summed E-state index contributed by atoms with van der Waals surface area (Å²) in [5.74, 6) is 0.704. The number of hydrogen-bond donors (Lipinski definition) is 1. The Kier molecular flexibility index (Phi) is 6.66. The zero-order valence-electron chi connectivity index (χ0n) is 16.4. The van der Waals surface area contributed by atoms with E-state index in [9.17, 15) is 9.59 Å². The van der Waals surface area contributed by atoms with E-state index in [0.29, 0.717) is 50.4 Å². The lowest BCUT2D eigenvalue weighted by Gasteiger charge is -2.27. The van der Waals surface area contributed by atoms with Gasteiger partial charge >= 0.3 is 0 Å². The van der Waals surface area contributed by atoms with Gasteiger partial charge in [-0.15, -0.1) is 0 Å². The van der Waals surface area contributed by atoms with Crippen LogP contribution in [-0.4, -0.2) is 50.1 Å². The van der Waals surface area contributed by atoms with E-state index in [2.05, 4.69) is 5.32 Å². The highest BCUT2D eigenvalue weighted by Crippen LogP contribution is 2.21. The Morgan fingerprint density at radius 1 is 1.11 bits per heavy atom. The Hall–Kier alpha value is -2.86. The molecule has 0 radical (unpaired) electrons. The third-order valence-corrected chi connectivity index (χ3v) is 4.94. The van der Waals surface area contributed by atoms with Crippen molar-refractivity contribution in [2.75, 3.05) is 38.7 Å². The van der Waals surface area contributed by atoms with Gasteiger partial charge in [-0.3, -0.25) is 9.59 Å². The summed E-state index contributed by atoms with van der Waals surface area (Å²) in [6, 6.07) is 13.1. The molecule has 148 valence electrons. The number of anilines is 1.